The third kappa shape index (κ3) is 3.89. The number of carbonyl (C=O) groups is 1. The van der Waals surface area contributed by atoms with Crippen molar-refractivity contribution in [2.75, 3.05) is 5.73 Å². The average Bonchev–Trinajstić information content (AvgIpc) is 2.51. The van der Waals surface area contributed by atoms with E-state index < -0.39 is 50.0 Å². The number of nitrogen functional groups attached to an aromatic ring is 1. The van der Waals surface area contributed by atoms with Gasteiger partial charge in [0.1, 0.15) is 0 Å². The Labute approximate surface area is 170 Å². The molecule has 0 heterocycles. The van der Waals surface area contributed by atoms with Crippen molar-refractivity contribution in [3.8, 4) is 5.75 Å². The average molecular weight is 617 g/mol. The van der Waals surface area contributed by atoms with Gasteiger partial charge in [-0.25, -0.2) is 13.6 Å². The molecule has 26 heavy (non-hydrogen) atoms. The molecule has 0 amide bonds. The van der Waals surface area contributed by atoms with Gasteiger partial charge in [0.15, 0.2) is 16.5 Å². The van der Waals surface area contributed by atoms with Crippen molar-refractivity contribution in [2.24, 2.45) is 0 Å². The van der Waals surface area contributed by atoms with E-state index in [9.17, 15) is 30.8 Å². The predicted molar refractivity (Wildman–Crippen MR) is 97.3 cm³/mol. The molecule has 0 saturated carbocycles. The van der Waals surface area contributed by atoms with Gasteiger partial charge in [0.25, 0.3) is 0 Å². The fourth-order valence-electron chi connectivity index (χ4n) is 1.81. The van der Waals surface area contributed by atoms with Crippen LogP contribution in [0.3, 0.4) is 0 Å². The molecule has 0 aliphatic carbocycles. The third-order valence-electron chi connectivity index (χ3n) is 2.95. The second-order valence-corrected chi connectivity index (χ2v) is 8.39. The van der Waals surface area contributed by atoms with E-state index in [1.165, 1.54) is 6.07 Å². The minimum atomic E-state index is -5.62. The van der Waals surface area contributed by atoms with E-state index in [-0.39, 0.29) is 11.3 Å². The number of ether oxygens (including phenoxy) is 1. The molecule has 0 fully saturated rings. The summed E-state index contributed by atoms with van der Waals surface area (Å²) in [5.74, 6) is -12.8. The van der Waals surface area contributed by atoms with Gasteiger partial charge in [-0.15, -0.1) is 0 Å². The molecule has 13 heteroatoms. The summed E-state index contributed by atoms with van der Waals surface area (Å²) in [5.41, 5.74) is 5.23. The molecule has 6 nitrogen and oxygen atoms in total. The highest BCUT2D eigenvalue weighted by atomic mass is 127. The lowest BCUT2D eigenvalue weighted by Gasteiger charge is -2.12. The Balaban J connectivity index is 2.60. The van der Waals surface area contributed by atoms with Crippen molar-refractivity contribution in [1.29, 1.82) is 0 Å². The van der Waals surface area contributed by atoms with Gasteiger partial charge in [0, 0.05) is 7.14 Å². The SMILES string of the molecule is Nc1c(I)cc(I)cc1C(=O)Oc1c(F)c(F)c(S(=O)(=O)O)c(F)c1F. The summed E-state index contributed by atoms with van der Waals surface area (Å²) < 4.78 is 90.9. The smallest absolute Gasteiger partial charge is 0.345 e. The van der Waals surface area contributed by atoms with E-state index in [1.54, 1.807) is 28.7 Å². The first-order valence-corrected chi connectivity index (χ1v) is 9.76. The number of nitrogens with two attached hydrogens (primary N) is 1. The van der Waals surface area contributed by atoms with E-state index in [1.807, 2.05) is 22.6 Å². The molecular formula is C13H5F4I2NO5S. The van der Waals surface area contributed by atoms with Crippen molar-refractivity contribution >= 4 is 67.0 Å². The second kappa shape index (κ2) is 7.43. The second-order valence-electron chi connectivity index (χ2n) is 4.63. The Morgan fingerprint density at radius 1 is 1.04 bits per heavy atom. The zero-order chi connectivity index (χ0) is 20.0. The number of rotatable bonds is 3. The standard InChI is InChI=1S/C13H5F4I2NO5S/c14-6-8(16)12(26(22,23)24)9(17)7(15)11(6)25-13(21)4-1-3(18)2-5(19)10(4)20/h1-2H,20H2,(H,22,23,24). The van der Waals surface area contributed by atoms with E-state index in [2.05, 4.69) is 4.74 Å². The minimum absolute atomic E-state index is 0.104. The van der Waals surface area contributed by atoms with Crippen molar-refractivity contribution < 1.29 is 40.1 Å². The molecule has 0 aliphatic rings. The zero-order valence-electron chi connectivity index (χ0n) is 12.0. The fourth-order valence-corrected chi connectivity index (χ4v) is 4.29. The van der Waals surface area contributed by atoms with Crippen molar-refractivity contribution in [3.63, 3.8) is 0 Å². The molecule has 0 spiro atoms. The van der Waals surface area contributed by atoms with Gasteiger partial charge in [-0.3, -0.25) is 4.55 Å². The molecule has 0 radical (unpaired) electrons. The lowest BCUT2D eigenvalue weighted by atomic mass is 10.2. The van der Waals surface area contributed by atoms with Gasteiger partial charge in [-0.1, -0.05) is 0 Å². The summed E-state index contributed by atoms with van der Waals surface area (Å²) in [7, 11) is -5.62. The first-order valence-electron chi connectivity index (χ1n) is 6.16. The first kappa shape index (κ1) is 21.1. The summed E-state index contributed by atoms with van der Waals surface area (Å²) in [6.45, 7) is 0. The Kier molecular flexibility index (Phi) is 6.03. The van der Waals surface area contributed by atoms with Gasteiger partial charge in [0.05, 0.1) is 11.3 Å². The van der Waals surface area contributed by atoms with Crippen LogP contribution in [0.5, 0.6) is 5.75 Å². The number of anilines is 1. The zero-order valence-corrected chi connectivity index (χ0v) is 17.1. The molecule has 0 saturated heterocycles. The largest absolute Gasteiger partial charge is 0.416 e. The fraction of sp³-hybridized carbons (Fsp3) is 0. The number of esters is 1. The molecule has 3 N–H and O–H groups in total. The summed E-state index contributed by atoms with van der Waals surface area (Å²) in [6.07, 6.45) is 0. The van der Waals surface area contributed by atoms with Gasteiger partial charge in [0.2, 0.25) is 17.4 Å². The lowest BCUT2D eigenvalue weighted by molar-refractivity contribution is 0.0717. The van der Waals surface area contributed by atoms with Gasteiger partial charge < -0.3 is 10.5 Å². The Hall–Kier alpha value is -1.20. The number of benzene rings is 2. The number of carbonyl (C=O) groups excluding carboxylic acids is 1. The van der Waals surface area contributed by atoms with Crippen molar-refractivity contribution in [3.05, 3.63) is 48.1 Å². The predicted octanol–water partition coefficient (Wildman–Crippen LogP) is 3.50. The molecule has 140 valence electrons. The maximum Gasteiger partial charge on any atom is 0.345 e. The van der Waals surface area contributed by atoms with E-state index in [4.69, 9.17) is 10.3 Å². The van der Waals surface area contributed by atoms with Crippen LogP contribution in [0.15, 0.2) is 17.0 Å². The normalized spacial score (nSPS) is 11.5. The van der Waals surface area contributed by atoms with Gasteiger partial charge in [-0.2, -0.15) is 17.2 Å². The molecule has 2 rings (SSSR count). The third-order valence-corrected chi connectivity index (χ3v) is 5.34. The molecule has 0 aliphatic heterocycles. The molecule has 0 bridgehead atoms. The van der Waals surface area contributed by atoms with Gasteiger partial charge >= 0.3 is 16.1 Å². The Bertz CT molecular complexity index is 1020. The summed E-state index contributed by atoms with van der Waals surface area (Å²) in [6, 6.07) is 2.78. The molecule has 0 aromatic heterocycles. The molecule has 0 atom stereocenters. The molecular weight excluding hydrogens is 612 g/mol. The van der Waals surface area contributed by atoms with Crippen LogP contribution < -0.4 is 10.5 Å². The maximum atomic E-state index is 13.9. The highest BCUT2D eigenvalue weighted by molar-refractivity contribution is 14.1. The van der Waals surface area contributed by atoms with Crippen LogP contribution >= 0.6 is 45.2 Å². The number of hydrogen-bond donors (Lipinski definition) is 2. The summed E-state index contributed by atoms with van der Waals surface area (Å²) in [4.78, 5) is 9.85. The van der Waals surface area contributed by atoms with Crippen LogP contribution in [-0.4, -0.2) is 18.9 Å². The van der Waals surface area contributed by atoms with Crippen molar-refractivity contribution in [2.45, 2.75) is 4.90 Å². The van der Waals surface area contributed by atoms with Crippen LogP contribution in [0.2, 0.25) is 0 Å². The van der Waals surface area contributed by atoms with Crippen molar-refractivity contribution in [1.82, 2.24) is 0 Å². The van der Waals surface area contributed by atoms with E-state index >= 15 is 0 Å². The number of hydrogen-bond acceptors (Lipinski definition) is 5. The molecule has 0 unspecified atom stereocenters. The monoisotopic (exact) mass is 617 g/mol. The van der Waals surface area contributed by atoms with Crippen LogP contribution in [0.25, 0.3) is 0 Å². The first-order chi connectivity index (χ1) is 11.9. The topological polar surface area (TPSA) is 107 Å². The molecule has 2 aromatic carbocycles. The Morgan fingerprint density at radius 2 is 1.54 bits per heavy atom. The Morgan fingerprint density at radius 3 is 2.00 bits per heavy atom. The quantitative estimate of drug-likeness (QED) is 0.104. The maximum absolute atomic E-state index is 13.9. The summed E-state index contributed by atoms with van der Waals surface area (Å²) in [5, 5.41) is 0. The lowest BCUT2D eigenvalue weighted by Crippen LogP contribution is -2.17. The van der Waals surface area contributed by atoms with Crippen LogP contribution in [0.4, 0.5) is 23.2 Å². The minimum Gasteiger partial charge on any atom is -0.416 e. The van der Waals surface area contributed by atoms with E-state index in [0.717, 1.165) is 0 Å². The number of halogens is 6. The van der Waals surface area contributed by atoms with E-state index in [0.29, 0.717) is 7.14 Å². The summed E-state index contributed by atoms with van der Waals surface area (Å²) >= 11 is 3.60. The highest BCUT2D eigenvalue weighted by Gasteiger charge is 2.34. The van der Waals surface area contributed by atoms with Gasteiger partial charge in [-0.05, 0) is 57.3 Å². The highest BCUT2D eigenvalue weighted by Crippen LogP contribution is 2.33. The molecule has 2 aromatic rings. The van der Waals surface area contributed by atoms with Crippen LogP contribution in [0.1, 0.15) is 10.4 Å². The van der Waals surface area contributed by atoms with Crippen LogP contribution in [-0.2, 0) is 10.1 Å². The van der Waals surface area contributed by atoms with Crippen LogP contribution in [0, 0.1) is 30.4 Å².